The van der Waals surface area contributed by atoms with E-state index >= 15 is 0 Å². The Morgan fingerprint density at radius 1 is 1.09 bits per heavy atom. The van der Waals surface area contributed by atoms with Gasteiger partial charge in [0.1, 0.15) is 5.76 Å². The van der Waals surface area contributed by atoms with Crippen LogP contribution in [-0.4, -0.2) is 23.6 Å². The molecule has 0 radical (unpaired) electrons. The largest absolute Gasteiger partial charge is 0.465 e. The van der Waals surface area contributed by atoms with Gasteiger partial charge < -0.3 is 14.1 Å². The maximum Gasteiger partial charge on any atom is 0.338 e. The van der Waals surface area contributed by atoms with Gasteiger partial charge in [-0.25, -0.2) is 4.79 Å². The Labute approximate surface area is 206 Å². The first kappa shape index (κ1) is 24.5. The first-order valence-electron chi connectivity index (χ1n) is 9.93. The van der Waals surface area contributed by atoms with Crippen molar-refractivity contribution < 1.29 is 18.7 Å². The lowest BCUT2D eigenvalue weighted by molar-refractivity contribution is -0.115. The van der Waals surface area contributed by atoms with Crippen LogP contribution in [0.3, 0.4) is 0 Å². The van der Waals surface area contributed by atoms with Crippen LogP contribution in [0.1, 0.15) is 28.6 Å². The minimum atomic E-state index is -0.435. The maximum atomic E-state index is 12.4. The number of anilines is 1. The lowest BCUT2D eigenvalue weighted by Gasteiger charge is -2.26. The van der Waals surface area contributed by atoms with Gasteiger partial charge in [0.05, 0.1) is 25.0 Å². The van der Waals surface area contributed by atoms with Crippen LogP contribution in [-0.2, 0) is 16.1 Å². The molecule has 3 rings (SSSR count). The number of hydrogen-bond donors (Lipinski definition) is 1. The highest BCUT2D eigenvalue weighted by Gasteiger charge is 2.18. The number of rotatable bonds is 7. The van der Waals surface area contributed by atoms with Crippen LogP contribution < -0.4 is 10.2 Å². The Morgan fingerprint density at radius 3 is 2.39 bits per heavy atom. The molecule has 0 bridgehead atoms. The molecule has 1 aromatic heterocycles. The van der Waals surface area contributed by atoms with Crippen molar-refractivity contribution in [3.8, 4) is 0 Å². The molecule has 3 aromatic rings. The molecule has 0 aliphatic carbocycles. The van der Waals surface area contributed by atoms with Gasteiger partial charge in [0.25, 0.3) is 0 Å². The molecule has 1 heterocycles. The first-order valence-corrected chi connectivity index (χ1v) is 11.1. The number of thiocarbonyl (C=S) groups is 1. The van der Waals surface area contributed by atoms with Crippen molar-refractivity contribution in [2.75, 3.05) is 11.5 Å². The summed E-state index contributed by atoms with van der Waals surface area (Å²) in [6, 6.07) is 15.3. The second kappa shape index (κ2) is 11.7. The summed E-state index contributed by atoms with van der Waals surface area (Å²) < 4.78 is 10.2. The van der Waals surface area contributed by atoms with Crippen molar-refractivity contribution in [3.63, 3.8) is 0 Å². The van der Waals surface area contributed by atoms with Gasteiger partial charge in [-0.2, -0.15) is 0 Å². The Kier molecular flexibility index (Phi) is 8.65. The van der Waals surface area contributed by atoms with Gasteiger partial charge in [-0.1, -0.05) is 29.3 Å². The minimum absolute atomic E-state index is 0.129. The number of nitrogens with one attached hydrogen (secondary N) is 1. The predicted molar refractivity (Wildman–Crippen MR) is 134 cm³/mol. The Morgan fingerprint density at radius 2 is 1.79 bits per heavy atom. The van der Waals surface area contributed by atoms with E-state index in [4.69, 9.17) is 44.6 Å². The van der Waals surface area contributed by atoms with E-state index in [2.05, 4.69) is 5.32 Å². The number of ether oxygens (including phenoxy) is 1. The van der Waals surface area contributed by atoms with Crippen LogP contribution in [0.4, 0.5) is 5.69 Å². The third-order valence-corrected chi connectivity index (χ3v) is 5.52. The number of esters is 1. The second-order valence-electron chi connectivity index (χ2n) is 6.70. The van der Waals surface area contributed by atoms with Gasteiger partial charge >= 0.3 is 5.97 Å². The molecule has 170 valence electrons. The van der Waals surface area contributed by atoms with Crippen LogP contribution in [0.15, 0.2) is 71.4 Å². The number of halogens is 2. The summed E-state index contributed by atoms with van der Waals surface area (Å²) in [5.74, 6) is -0.330. The molecular weight excluding hydrogens is 483 g/mol. The van der Waals surface area contributed by atoms with Gasteiger partial charge in [-0.3, -0.25) is 10.1 Å². The van der Waals surface area contributed by atoms with E-state index in [0.717, 1.165) is 0 Å². The van der Waals surface area contributed by atoms with Crippen molar-refractivity contribution in [2.45, 2.75) is 13.5 Å². The van der Waals surface area contributed by atoms with Gasteiger partial charge in [0.2, 0.25) is 5.91 Å². The fraction of sp³-hybridized carbons (Fsp3) is 0.125. The molecule has 0 saturated carbocycles. The average molecular weight is 503 g/mol. The number of hydrogen-bond acceptors (Lipinski definition) is 5. The van der Waals surface area contributed by atoms with Crippen molar-refractivity contribution in [1.82, 2.24) is 5.32 Å². The molecule has 0 saturated heterocycles. The summed E-state index contributed by atoms with van der Waals surface area (Å²) in [5.41, 5.74) is 1.66. The number of carbonyl (C=O) groups excluding carboxylic acids is 2. The standard InChI is InChI=1S/C24H20Cl2N2O4S/c1-2-31-23(30)16-8-10-17(11-9-16)28(15-19-20(25)6-3-7-21(19)26)24(33)27-22(29)13-12-18-5-4-14-32-18/h3-14H,2,15H2,1H3,(H,27,29,33)/b13-12+. The molecule has 0 spiro atoms. The first-order chi connectivity index (χ1) is 15.9. The SMILES string of the molecule is CCOC(=O)c1ccc(N(Cc2c(Cl)cccc2Cl)C(=S)NC(=O)/C=C/c2ccco2)cc1. The summed E-state index contributed by atoms with van der Waals surface area (Å²) in [5, 5.41) is 3.72. The molecular formula is C24H20Cl2N2O4S. The molecule has 33 heavy (non-hydrogen) atoms. The van der Waals surface area contributed by atoms with Gasteiger partial charge in [0.15, 0.2) is 5.11 Å². The van der Waals surface area contributed by atoms with E-state index in [1.807, 2.05) is 0 Å². The summed E-state index contributed by atoms with van der Waals surface area (Å²) >= 11 is 18.2. The molecule has 0 fully saturated rings. The van der Waals surface area contributed by atoms with Crippen LogP contribution in [0.2, 0.25) is 10.0 Å². The number of nitrogens with zero attached hydrogens (tertiary/aromatic N) is 1. The van der Waals surface area contributed by atoms with Gasteiger partial charge in [-0.15, -0.1) is 0 Å². The fourth-order valence-electron chi connectivity index (χ4n) is 2.87. The Bertz CT molecular complexity index is 1140. The fourth-order valence-corrected chi connectivity index (χ4v) is 3.66. The number of amides is 1. The molecule has 0 atom stereocenters. The zero-order chi connectivity index (χ0) is 23.8. The Hall–Kier alpha value is -3.13. The third-order valence-electron chi connectivity index (χ3n) is 4.49. The summed E-state index contributed by atoms with van der Waals surface area (Å²) in [6.07, 6.45) is 4.36. The number of carbonyl (C=O) groups is 2. The Balaban J connectivity index is 1.85. The average Bonchev–Trinajstić information content (AvgIpc) is 3.31. The topological polar surface area (TPSA) is 71.8 Å². The van der Waals surface area contributed by atoms with E-state index < -0.39 is 11.9 Å². The zero-order valence-electron chi connectivity index (χ0n) is 17.6. The van der Waals surface area contributed by atoms with Crippen molar-refractivity contribution in [3.05, 3.63) is 93.9 Å². The molecule has 1 amide bonds. The maximum absolute atomic E-state index is 12.4. The minimum Gasteiger partial charge on any atom is -0.465 e. The molecule has 0 aliphatic rings. The van der Waals surface area contributed by atoms with E-state index in [0.29, 0.717) is 32.6 Å². The lowest BCUT2D eigenvalue weighted by Crippen LogP contribution is -2.42. The number of furan rings is 1. The van der Waals surface area contributed by atoms with E-state index in [9.17, 15) is 9.59 Å². The molecule has 6 nitrogen and oxygen atoms in total. The van der Waals surface area contributed by atoms with Gasteiger partial charge in [0, 0.05) is 27.4 Å². The highest BCUT2D eigenvalue weighted by molar-refractivity contribution is 7.80. The van der Waals surface area contributed by atoms with Crippen LogP contribution >= 0.6 is 35.4 Å². The highest BCUT2D eigenvalue weighted by Crippen LogP contribution is 2.28. The normalized spacial score (nSPS) is 10.8. The lowest BCUT2D eigenvalue weighted by atomic mass is 10.1. The molecule has 1 N–H and O–H groups in total. The van der Waals surface area contributed by atoms with E-state index in [1.54, 1.807) is 66.4 Å². The van der Waals surface area contributed by atoms with Crippen LogP contribution in [0.25, 0.3) is 6.08 Å². The van der Waals surface area contributed by atoms with Crippen molar-refractivity contribution in [2.24, 2.45) is 0 Å². The smallest absolute Gasteiger partial charge is 0.338 e. The van der Waals surface area contributed by atoms with Gasteiger partial charge in [-0.05, 0) is 73.7 Å². The monoisotopic (exact) mass is 502 g/mol. The van der Waals surface area contributed by atoms with Crippen LogP contribution in [0, 0.1) is 0 Å². The van der Waals surface area contributed by atoms with Crippen molar-refractivity contribution >= 4 is 64.2 Å². The van der Waals surface area contributed by atoms with E-state index in [-0.39, 0.29) is 18.3 Å². The predicted octanol–water partition coefficient (Wildman–Crippen LogP) is 5.88. The highest BCUT2D eigenvalue weighted by atomic mass is 35.5. The molecule has 9 heteroatoms. The third kappa shape index (κ3) is 6.68. The summed E-state index contributed by atoms with van der Waals surface area (Å²) in [6.45, 7) is 2.21. The summed E-state index contributed by atoms with van der Waals surface area (Å²) in [7, 11) is 0. The van der Waals surface area contributed by atoms with E-state index in [1.165, 1.54) is 18.4 Å². The molecule has 2 aromatic carbocycles. The molecule has 0 aliphatic heterocycles. The quantitative estimate of drug-likeness (QED) is 0.247. The van der Waals surface area contributed by atoms with Crippen LogP contribution in [0.5, 0.6) is 0 Å². The second-order valence-corrected chi connectivity index (χ2v) is 7.90. The number of benzene rings is 2. The zero-order valence-corrected chi connectivity index (χ0v) is 19.9. The summed E-state index contributed by atoms with van der Waals surface area (Å²) in [4.78, 5) is 26.1. The molecule has 0 unspecified atom stereocenters. The van der Waals surface area contributed by atoms with Crippen molar-refractivity contribution in [1.29, 1.82) is 0 Å².